The van der Waals surface area contributed by atoms with Gasteiger partial charge in [0.1, 0.15) is 5.75 Å². The van der Waals surface area contributed by atoms with E-state index in [9.17, 15) is 9.59 Å². The smallest absolute Gasteiger partial charge is 0.256 e. The molecule has 32 heavy (non-hydrogen) atoms. The Balaban J connectivity index is 1.45. The van der Waals surface area contributed by atoms with E-state index in [1.54, 1.807) is 55.6 Å². The summed E-state index contributed by atoms with van der Waals surface area (Å²) in [7, 11) is 1.66. The van der Waals surface area contributed by atoms with Gasteiger partial charge in [0.05, 0.1) is 24.0 Å². The third-order valence-electron chi connectivity index (χ3n) is 5.50. The molecule has 7 heteroatoms. The molecule has 1 heterocycles. The zero-order valence-corrected chi connectivity index (χ0v) is 18.5. The first-order chi connectivity index (χ1) is 15.6. The number of rotatable bonds is 5. The molecule has 4 rings (SSSR count). The molecule has 0 atom stereocenters. The molecule has 2 amide bonds. The van der Waals surface area contributed by atoms with Gasteiger partial charge in [-0.15, -0.1) is 0 Å². The number of carbonyl (C=O) groups is 2. The van der Waals surface area contributed by atoms with Crippen molar-refractivity contribution in [2.24, 2.45) is 0 Å². The second-order valence-electron chi connectivity index (χ2n) is 7.46. The highest BCUT2D eigenvalue weighted by Crippen LogP contribution is 2.29. The van der Waals surface area contributed by atoms with Gasteiger partial charge in [0.2, 0.25) is 0 Å². The van der Waals surface area contributed by atoms with Crippen molar-refractivity contribution < 1.29 is 14.3 Å². The number of benzene rings is 3. The first-order valence-corrected chi connectivity index (χ1v) is 10.8. The number of nitrogens with zero attached hydrogens (tertiary/aromatic N) is 2. The fraction of sp³-hybridized carbons (Fsp3) is 0.200. The molecule has 0 saturated carbocycles. The summed E-state index contributed by atoms with van der Waals surface area (Å²) in [5, 5.41) is 3.42. The van der Waals surface area contributed by atoms with Gasteiger partial charge in [-0.25, -0.2) is 0 Å². The third-order valence-corrected chi connectivity index (χ3v) is 5.76. The minimum absolute atomic E-state index is 0.100. The summed E-state index contributed by atoms with van der Waals surface area (Å²) in [4.78, 5) is 29.9. The lowest BCUT2D eigenvalue weighted by molar-refractivity contribution is 0.0747. The van der Waals surface area contributed by atoms with E-state index in [1.165, 1.54) is 0 Å². The molecule has 0 bridgehead atoms. The van der Waals surface area contributed by atoms with Gasteiger partial charge in [-0.3, -0.25) is 9.59 Å². The first kappa shape index (κ1) is 21.7. The second-order valence-corrected chi connectivity index (χ2v) is 7.89. The van der Waals surface area contributed by atoms with E-state index >= 15 is 0 Å². The second kappa shape index (κ2) is 9.75. The summed E-state index contributed by atoms with van der Waals surface area (Å²) >= 11 is 5.90. The molecule has 1 fully saturated rings. The van der Waals surface area contributed by atoms with Crippen LogP contribution in [-0.4, -0.2) is 50.0 Å². The monoisotopic (exact) mass is 449 g/mol. The van der Waals surface area contributed by atoms with Crippen LogP contribution in [0.4, 0.5) is 11.4 Å². The average molecular weight is 450 g/mol. The van der Waals surface area contributed by atoms with Crippen LogP contribution >= 0.6 is 11.6 Å². The molecule has 0 unspecified atom stereocenters. The molecule has 3 aromatic carbocycles. The van der Waals surface area contributed by atoms with Gasteiger partial charge >= 0.3 is 0 Å². The summed E-state index contributed by atoms with van der Waals surface area (Å²) in [5.41, 5.74) is 2.46. The molecule has 0 radical (unpaired) electrons. The lowest BCUT2D eigenvalue weighted by Crippen LogP contribution is -2.49. The number of methoxy groups -OCH3 is 1. The fourth-order valence-corrected chi connectivity index (χ4v) is 3.91. The van der Waals surface area contributed by atoms with Crippen LogP contribution in [-0.2, 0) is 0 Å². The topological polar surface area (TPSA) is 61.9 Å². The summed E-state index contributed by atoms with van der Waals surface area (Å²) in [6.07, 6.45) is 0. The molecule has 6 nitrogen and oxygen atoms in total. The molecule has 0 aromatic heterocycles. The molecule has 1 aliphatic heterocycles. The zero-order valence-electron chi connectivity index (χ0n) is 17.8. The molecule has 0 spiro atoms. The van der Waals surface area contributed by atoms with Gasteiger partial charge < -0.3 is 19.9 Å². The molecule has 1 aliphatic rings. The molecule has 0 aliphatic carbocycles. The van der Waals surface area contributed by atoms with E-state index in [1.807, 2.05) is 29.2 Å². The van der Waals surface area contributed by atoms with Crippen LogP contribution < -0.4 is 15.0 Å². The number of para-hydroxylation sites is 3. The molecule has 1 saturated heterocycles. The Hall–Kier alpha value is -3.51. The fourth-order valence-electron chi connectivity index (χ4n) is 3.79. The van der Waals surface area contributed by atoms with Crippen LogP contribution in [0.15, 0.2) is 72.8 Å². The number of anilines is 2. The molecular formula is C25H24ClN3O3. The Labute approximate surface area is 192 Å². The van der Waals surface area contributed by atoms with Crippen molar-refractivity contribution in [2.45, 2.75) is 0 Å². The first-order valence-electron chi connectivity index (χ1n) is 10.4. The Morgan fingerprint density at radius 2 is 1.53 bits per heavy atom. The van der Waals surface area contributed by atoms with Crippen LogP contribution in [0.1, 0.15) is 20.7 Å². The lowest BCUT2D eigenvalue weighted by atomic mass is 10.1. The largest absolute Gasteiger partial charge is 0.495 e. The van der Waals surface area contributed by atoms with Crippen LogP contribution in [0.25, 0.3) is 0 Å². The SMILES string of the molecule is COc1ccccc1N1CCN(C(=O)c2ccccc2NC(=O)c2ccc(Cl)cc2)CC1. The molecule has 1 N–H and O–H groups in total. The van der Waals surface area contributed by atoms with Gasteiger partial charge in [0.25, 0.3) is 11.8 Å². The van der Waals surface area contributed by atoms with E-state index in [0.717, 1.165) is 11.4 Å². The summed E-state index contributed by atoms with van der Waals surface area (Å²) in [6.45, 7) is 2.56. The van der Waals surface area contributed by atoms with E-state index in [2.05, 4.69) is 10.2 Å². The van der Waals surface area contributed by atoms with E-state index in [4.69, 9.17) is 16.3 Å². The van der Waals surface area contributed by atoms with E-state index in [0.29, 0.717) is 48.0 Å². The number of ether oxygens (including phenoxy) is 1. The van der Waals surface area contributed by atoms with Gasteiger partial charge in [0.15, 0.2) is 0 Å². The lowest BCUT2D eigenvalue weighted by Gasteiger charge is -2.36. The summed E-state index contributed by atoms with van der Waals surface area (Å²) in [6, 6.07) is 21.6. The standard InChI is InChI=1S/C25H24ClN3O3/c1-32-23-9-5-4-8-22(23)28-14-16-29(17-15-28)25(31)20-6-2-3-7-21(20)27-24(30)18-10-12-19(26)13-11-18/h2-13H,14-17H2,1H3,(H,27,30). The number of carbonyl (C=O) groups excluding carboxylic acids is 2. The van der Waals surface area contributed by atoms with Crippen molar-refractivity contribution in [3.8, 4) is 5.75 Å². The number of hydrogen-bond acceptors (Lipinski definition) is 4. The van der Waals surface area contributed by atoms with Gasteiger partial charge in [-0.1, -0.05) is 35.9 Å². The number of nitrogens with one attached hydrogen (secondary N) is 1. The molecule has 164 valence electrons. The highest BCUT2D eigenvalue weighted by atomic mass is 35.5. The van der Waals surface area contributed by atoms with Crippen LogP contribution in [0.2, 0.25) is 5.02 Å². The van der Waals surface area contributed by atoms with Crippen molar-refractivity contribution >= 4 is 34.8 Å². The Morgan fingerprint density at radius 1 is 0.875 bits per heavy atom. The van der Waals surface area contributed by atoms with Gasteiger partial charge in [0, 0.05) is 36.8 Å². The maximum Gasteiger partial charge on any atom is 0.256 e. The maximum atomic E-state index is 13.3. The number of hydrogen-bond donors (Lipinski definition) is 1. The highest BCUT2D eigenvalue weighted by molar-refractivity contribution is 6.30. The normalized spacial score (nSPS) is 13.6. The quantitative estimate of drug-likeness (QED) is 0.620. The van der Waals surface area contributed by atoms with Crippen molar-refractivity contribution in [1.29, 1.82) is 0 Å². The minimum Gasteiger partial charge on any atom is -0.495 e. The van der Waals surface area contributed by atoms with Crippen molar-refractivity contribution in [3.63, 3.8) is 0 Å². The summed E-state index contributed by atoms with van der Waals surface area (Å²) < 4.78 is 5.47. The van der Waals surface area contributed by atoms with Gasteiger partial charge in [-0.05, 0) is 48.5 Å². The Bertz CT molecular complexity index is 1110. The van der Waals surface area contributed by atoms with Crippen LogP contribution in [0.3, 0.4) is 0 Å². The predicted molar refractivity (Wildman–Crippen MR) is 127 cm³/mol. The van der Waals surface area contributed by atoms with Crippen molar-refractivity contribution in [3.05, 3.63) is 88.9 Å². The third kappa shape index (κ3) is 4.70. The molecule has 3 aromatic rings. The van der Waals surface area contributed by atoms with Crippen molar-refractivity contribution in [2.75, 3.05) is 43.5 Å². The highest BCUT2D eigenvalue weighted by Gasteiger charge is 2.25. The zero-order chi connectivity index (χ0) is 22.5. The number of amides is 2. The number of piperazine rings is 1. The maximum absolute atomic E-state index is 13.3. The minimum atomic E-state index is -0.289. The number of halogens is 1. The average Bonchev–Trinajstić information content (AvgIpc) is 2.84. The van der Waals surface area contributed by atoms with Crippen LogP contribution in [0.5, 0.6) is 5.75 Å². The predicted octanol–water partition coefficient (Wildman–Crippen LogP) is 4.56. The van der Waals surface area contributed by atoms with Gasteiger partial charge in [-0.2, -0.15) is 0 Å². The summed E-state index contributed by atoms with van der Waals surface area (Å²) in [5.74, 6) is 0.433. The van der Waals surface area contributed by atoms with Crippen LogP contribution in [0, 0.1) is 0 Å². The van der Waals surface area contributed by atoms with E-state index < -0.39 is 0 Å². The molecular weight excluding hydrogens is 426 g/mol. The Morgan fingerprint density at radius 3 is 2.25 bits per heavy atom. The Kier molecular flexibility index (Phi) is 6.61. The van der Waals surface area contributed by atoms with E-state index in [-0.39, 0.29) is 11.8 Å². The van der Waals surface area contributed by atoms with Crippen molar-refractivity contribution in [1.82, 2.24) is 4.90 Å².